The second kappa shape index (κ2) is 3.67. The molecule has 1 aliphatic rings. The van der Waals surface area contributed by atoms with E-state index in [1.807, 2.05) is 6.20 Å². The Kier molecular flexibility index (Phi) is 2.83. The van der Waals surface area contributed by atoms with Crippen molar-refractivity contribution in [2.75, 3.05) is 0 Å². The van der Waals surface area contributed by atoms with Crippen LogP contribution in [0.25, 0.3) is 0 Å². The van der Waals surface area contributed by atoms with Crippen molar-refractivity contribution in [3.63, 3.8) is 0 Å². The highest BCUT2D eigenvalue weighted by Gasteiger charge is 2.08. The molecule has 1 aromatic rings. The maximum Gasteiger partial charge on any atom is 0.115 e. The number of aryl methyl sites for hydroxylation is 2. The van der Waals surface area contributed by atoms with Crippen LogP contribution in [0.5, 0.6) is 0 Å². The molecule has 3 heteroatoms. The number of aromatic nitrogens is 2. The first-order chi connectivity index (χ1) is 4.97. The number of nitrogens with zero attached hydrogens (tertiary/aromatic N) is 2. The Morgan fingerprint density at radius 2 is 2.00 bits per heavy atom. The summed E-state index contributed by atoms with van der Waals surface area (Å²) in [7, 11) is 0. The molecule has 1 heterocycles. The SMILES string of the molecule is Cl.c1ncc2c(n1)CCCC2. The summed E-state index contributed by atoms with van der Waals surface area (Å²) in [5, 5.41) is 0. The van der Waals surface area contributed by atoms with Gasteiger partial charge in [-0.3, -0.25) is 0 Å². The smallest absolute Gasteiger partial charge is 0.115 e. The summed E-state index contributed by atoms with van der Waals surface area (Å²) in [5.74, 6) is 0. The van der Waals surface area contributed by atoms with Crippen LogP contribution in [0.3, 0.4) is 0 Å². The highest BCUT2D eigenvalue weighted by atomic mass is 35.5. The Balaban J connectivity index is 0.000000605. The van der Waals surface area contributed by atoms with Crippen molar-refractivity contribution in [1.82, 2.24) is 9.97 Å². The van der Waals surface area contributed by atoms with Gasteiger partial charge in [0.1, 0.15) is 6.33 Å². The van der Waals surface area contributed by atoms with Crippen molar-refractivity contribution in [3.05, 3.63) is 23.8 Å². The van der Waals surface area contributed by atoms with Gasteiger partial charge >= 0.3 is 0 Å². The van der Waals surface area contributed by atoms with Crippen LogP contribution >= 0.6 is 12.4 Å². The molecule has 0 N–H and O–H groups in total. The van der Waals surface area contributed by atoms with Gasteiger partial charge in [-0.1, -0.05) is 0 Å². The topological polar surface area (TPSA) is 25.8 Å². The molecule has 0 radical (unpaired) electrons. The number of hydrogen-bond donors (Lipinski definition) is 0. The highest BCUT2D eigenvalue weighted by molar-refractivity contribution is 5.85. The summed E-state index contributed by atoms with van der Waals surface area (Å²) < 4.78 is 0. The third-order valence-electron chi connectivity index (χ3n) is 1.99. The van der Waals surface area contributed by atoms with E-state index < -0.39 is 0 Å². The van der Waals surface area contributed by atoms with Gasteiger partial charge in [-0.25, -0.2) is 9.97 Å². The first-order valence-electron chi connectivity index (χ1n) is 3.74. The highest BCUT2D eigenvalue weighted by Crippen LogP contribution is 2.16. The fourth-order valence-corrected chi connectivity index (χ4v) is 1.43. The second-order valence-corrected chi connectivity index (χ2v) is 2.70. The molecular formula is C8H11ClN2. The van der Waals surface area contributed by atoms with Crippen LogP contribution in [0, 0.1) is 0 Å². The summed E-state index contributed by atoms with van der Waals surface area (Å²) in [4.78, 5) is 8.20. The standard InChI is InChI=1S/C8H10N2.ClH/c1-2-4-8-7(3-1)5-9-6-10-8;/h5-6H,1-4H2;1H. The molecule has 2 rings (SSSR count). The van der Waals surface area contributed by atoms with E-state index in [1.54, 1.807) is 6.33 Å². The quantitative estimate of drug-likeness (QED) is 0.593. The van der Waals surface area contributed by atoms with Crippen LogP contribution in [0.4, 0.5) is 0 Å². The number of fused-ring (bicyclic) bond motifs is 1. The van der Waals surface area contributed by atoms with Gasteiger partial charge in [0.15, 0.2) is 0 Å². The molecule has 0 saturated heterocycles. The van der Waals surface area contributed by atoms with Gasteiger partial charge in [0.25, 0.3) is 0 Å². The molecule has 60 valence electrons. The van der Waals surface area contributed by atoms with Gasteiger partial charge < -0.3 is 0 Å². The Morgan fingerprint density at radius 3 is 2.82 bits per heavy atom. The summed E-state index contributed by atoms with van der Waals surface area (Å²) >= 11 is 0. The molecule has 0 bridgehead atoms. The average molecular weight is 171 g/mol. The zero-order valence-corrected chi connectivity index (χ0v) is 7.10. The zero-order valence-electron chi connectivity index (χ0n) is 6.29. The summed E-state index contributed by atoms with van der Waals surface area (Å²) in [5.41, 5.74) is 2.62. The van der Waals surface area contributed by atoms with Gasteiger partial charge in [-0.05, 0) is 31.2 Å². The minimum Gasteiger partial charge on any atom is -0.245 e. The van der Waals surface area contributed by atoms with E-state index in [-0.39, 0.29) is 12.4 Å². The molecular weight excluding hydrogens is 160 g/mol. The van der Waals surface area contributed by atoms with E-state index in [2.05, 4.69) is 9.97 Å². The third-order valence-corrected chi connectivity index (χ3v) is 1.99. The Morgan fingerprint density at radius 1 is 1.18 bits per heavy atom. The largest absolute Gasteiger partial charge is 0.245 e. The van der Waals surface area contributed by atoms with Gasteiger partial charge in [0.05, 0.1) is 0 Å². The van der Waals surface area contributed by atoms with Gasteiger partial charge in [-0.15, -0.1) is 12.4 Å². The Labute approximate surface area is 72.5 Å². The van der Waals surface area contributed by atoms with Gasteiger partial charge in [0.2, 0.25) is 0 Å². The lowest BCUT2D eigenvalue weighted by Gasteiger charge is -2.11. The van der Waals surface area contributed by atoms with Gasteiger partial charge in [-0.2, -0.15) is 0 Å². The van der Waals surface area contributed by atoms with Crippen LogP contribution in [0.15, 0.2) is 12.5 Å². The maximum absolute atomic E-state index is 4.21. The molecule has 0 spiro atoms. The summed E-state index contributed by atoms with van der Waals surface area (Å²) in [6, 6.07) is 0. The summed E-state index contributed by atoms with van der Waals surface area (Å²) in [6.45, 7) is 0. The van der Waals surface area contributed by atoms with Crippen LogP contribution in [0.1, 0.15) is 24.1 Å². The molecule has 0 unspecified atom stereocenters. The molecule has 0 fully saturated rings. The lowest BCUT2D eigenvalue weighted by Crippen LogP contribution is -2.04. The van der Waals surface area contributed by atoms with Crippen LogP contribution in [-0.2, 0) is 12.8 Å². The molecule has 0 aromatic carbocycles. The molecule has 11 heavy (non-hydrogen) atoms. The normalized spacial score (nSPS) is 14.9. The third kappa shape index (κ3) is 1.69. The molecule has 1 aromatic heterocycles. The molecule has 0 atom stereocenters. The predicted octanol–water partition coefficient (Wildman–Crippen LogP) is 1.78. The molecule has 0 amide bonds. The van der Waals surface area contributed by atoms with Gasteiger partial charge in [0, 0.05) is 11.9 Å². The van der Waals surface area contributed by atoms with Crippen LogP contribution in [-0.4, -0.2) is 9.97 Å². The van der Waals surface area contributed by atoms with E-state index in [0.717, 1.165) is 6.42 Å². The van der Waals surface area contributed by atoms with Crippen molar-refractivity contribution >= 4 is 12.4 Å². The van der Waals surface area contributed by atoms with Crippen LogP contribution in [0.2, 0.25) is 0 Å². The van der Waals surface area contributed by atoms with E-state index >= 15 is 0 Å². The average Bonchev–Trinajstić information content (AvgIpc) is 2.05. The van der Waals surface area contributed by atoms with Crippen molar-refractivity contribution in [3.8, 4) is 0 Å². The van der Waals surface area contributed by atoms with Crippen molar-refractivity contribution < 1.29 is 0 Å². The lowest BCUT2D eigenvalue weighted by atomic mass is 9.98. The molecule has 0 saturated carbocycles. The second-order valence-electron chi connectivity index (χ2n) is 2.70. The minimum atomic E-state index is 0. The van der Waals surface area contributed by atoms with Crippen molar-refractivity contribution in [2.45, 2.75) is 25.7 Å². The fraction of sp³-hybridized carbons (Fsp3) is 0.500. The fourth-order valence-electron chi connectivity index (χ4n) is 1.43. The Hall–Kier alpha value is -0.630. The number of hydrogen-bond acceptors (Lipinski definition) is 2. The summed E-state index contributed by atoms with van der Waals surface area (Å²) in [6.07, 6.45) is 8.52. The molecule has 0 aliphatic heterocycles. The number of halogens is 1. The first kappa shape index (κ1) is 8.47. The van der Waals surface area contributed by atoms with E-state index in [1.165, 1.54) is 30.5 Å². The molecule has 1 aliphatic carbocycles. The molecule has 2 nitrogen and oxygen atoms in total. The van der Waals surface area contributed by atoms with Crippen molar-refractivity contribution in [2.24, 2.45) is 0 Å². The lowest BCUT2D eigenvalue weighted by molar-refractivity contribution is 0.662. The van der Waals surface area contributed by atoms with E-state index in [0.29, 0.717) is 0 Å². The minimum absolute atomic E-state index is 0. The number of rotatable bonds is 0. The zero-order chi connectivity index (χ0) is 6.81. The Bertz CT molecular complexity index is 212. The predicted molar refractivity (Wildman–Crippen MR) is 45.9 cm³/mol. The maximum atomic E-state index is 4.21. The van der Waals surface area contributed by atoms with Crippen LogP contribution < -0.4 is 0 Å². The van der Waals surface area contributed by atoms with E-state index in [4.69, 9.17) is 0 Å². The van der Waals surface area contributed by atoms with Crippen molar-refractivity contribution in [1.29, 1.82) is 0 Å². The monoisotopic (exact) mass is 170 g/mol. The van der Waals surface area contributed by atoms with E-state index in [9.17, 15) is 0 Å². The first-order valence-corrected chi connectivity index (χ1v) is 3.74.